The number of rotatable bonds is 5. The summed E-state index contributed by atoms with van der Waals surface area (Å²) in [5, 5.41) is 0. The molecule has 92 valence electrons. The maximum atomic E-state index is 5.36. The average Bonchev–Trinajstić information content (AvgIpc) is 2.31. The fourth-order valence-corrected chi connectivity index (χ4v) is 1.79. The SMILES string of the molecule is CCOC(C#CCN1CCCCC1)OCC. The zero-order valence-electron chi connectivity index (χ0n) is 10.5. The highest BCUT2D eigenvalue weighted by molar-refractivity contribution is 5.04. The van der Waals surface area contributed by atoms with Crippen LogP contribution in [0.1, 0.15) is 33.1 Å². The number of likely N-dealkylation sites (tertiary alicyclic amines) is 1. The van der Waals surface area contributed by atoms with E-state index in [1.807, 2.05) is 13.8 Å². The molecule has 1 heterocycles. The van der Waals surface area contributed by atoms with E-state index in [4.69, 9.17) is 9.47 Å². The Balaban J connectivity index is 2.26. The molecule has 1 saturated heterocycles. The van der Waals surface area contributed by atoms with E-state index in [0.717, 1.165) is 6.54 Å². The first kappa shape index (κ1) is 13.5. The van der Waals surface area contributed by atoms with Crippen LogP contribution in [0.2, 0.25) is 0 Å². The van der Waals surface area contributed by atoms with Gasteiger partial charge >= 0.3 is 0 Å². The number of hydrogen-bond donors (Lipinski definition) is 0. The van der Waals surface area contributed by atoms with E-state index in [0.29, 0.717) is 13.2 Å². The van der Waals surface area contributed by atoms with Crippen LogP contribution < -0.4 is 0 Å². The molecule has 0 unspecified atom stereocenters. The summed E-state index contributed by atoms with van der Waals surface area (Å²) < 4.78 is 10.7. The van der Waals surface area contributed by atoms with Crippen molar-refractivity contribution in [3.05, 3.63) is 0 Å². The van der Waals surface area contributed by atoms with Crippen molar-refractivity contribution in [2.45, 2.75) is 39.4 Å². The molecule has 1 fully saturated rings. The zero-order valence-corrected chi connectivity index (χ0v) is 10.5. The molecular weight excluding hydrogens is 202 g/mol. The largest absolute Gasteiger partial charge is 0.342 e. The molecule has 16 heavy (non-hydrogen) atoms. The predicted octanol–water partition coefficient (Wildman–Crippen LogP) is 1.87. The van der Waals surface area contributed by atoms with Gasteiger partial charge in [0, 0.05) is 13.2 Å². The van der Waals surface area contributed by atoms with Gasteiger partial charge in [-0.15, -0.1) is 0 Å². The molecule has 0 bridgehead atoms. The molecule has 0 amide bonds. The second-order valence-electron chi connectivity index (χ2n) is 3.90. The highest BCUT2D eigenvalue weighted by Crippen LogP contribution is 2.07. The number of piperidine rings is 1. The summed E-state index contributed by atoms with van der Waals surface area (Å²) in [6, 6.07) is 0. The Bertz CT molecular complexity index is 220. The lowest BCUT2D eigenvalue weighted by atomic mass is 10.1. The molecular formula is C13H23NO2. The molecule has 1 aliphatic heterocycles. The molecule has 1 rings (SSSR count). The van der Waals surface area contributed by atoms with Crippen molar-refractivity contribution >= 4 is 0 Å². The van der Waals surface area contributed by atoms with E-state index in [9.17, 15) is 0 Å². The molecule has 0 atom stereocenters. The summed E-state index contributed by atoms with van der Waals surface area (Å²) in [6.45, 7) is 8.41. The Morgan fingerprint density at radius 3 is 2.25 bits per heavy atom. The van der Waals surface area contributed by atoms with Gasteiger partial charge in [0.25, 0.3) is 0 Å². The molecule has 0 saturated carbocycles. The normalized spacial score (nSPS) is 17.2. The Hall–Kier alpha value is -0.560. The molecule has 0 spiro atoms. The second kappa shape index (κ2) is 8.58. The maximum absolute atomic E-state index is 5.36. The van der Waals surface area contributed by atoms with Gasteiger partial charge in [-0.1, -0.05) is 12.3 Å². The Morgan fingerprint density at radius 2 is 1.69 bits per heavy atom. The molecule has 3 nitrogen and oxygen atoms in total. The molecule has 0 N–H and O–H groups in total. The van der Waals surface area contributed by atoms with Crippen LogP contribution in [0.25, 0.3) is 0 Å². The third-order valence-corrected chi connectivity index (χ3v) is 2.61. The quantitative estimate of drug-likeness (QED) is 0.527. The highest BCUT2D eigenvalue weighted by Gasteiger charge is 2.08. The topological polar surface area (TPSA) is 21.7 Å². The number of hydrogen-bond acceptors (Lipinski definition) is 3. The Morgan fingerprint density at radius 1 is 1.06 bits per heavy atom. The molecule has 0 radical (unpaired) electrons. The van der Waals surface area contributed by atoms with E-state index >= 15 is 0 Å². The Labute approximate surface area is 99.1 Å². The fourth-order valence-electron chi connectivity index (χ4n) is 1.79. The van der Waals surface area contributed by atoms with Crippen LogP contribution in [0.3, 0.4) is 0 Å². The van der Waals surface area contributed by atoms with Gasteiger partial charge in [0.2, 0.25) is 6.29 Å². The number of nitrogens with zero attached hydrogens (tertiary/aromatic N) is 1. The van der Waals surface area contributed by atoms with Gasteiger partial charge < -0.3 is 9.47 Å². The van der Waals surface area contributed by atoms with E-state index in [1.54, 1.807) is 0 Å². The third kappa shape index (κ3) is 5.50. The minimum absolute atomic E-state index is 0.347. The lowest BCUT2D eigenvalue weighted by molar-refractivity contribution is -0.0970. The number of ether oxygens (including phenoxy) is 2. The van der Waals surface area contributed by atoms with Crippen LogP contribution in [0.15, 0.2) is 0 Å². The third-order valence-electron chi connectivity index (χ3n) is 2.61. The van der Waals surface area contributed by atoms with Gasteiger partial charge in [0.15, 0.2) is 0 Å². The van der Waals surface area contributed by atoms with Crippen LogP contribution in [-0.4, -0.2) is 44.0 Å². The van der Waals surface area contributed by atoms with Crippen molar-refractivity contribution in [3.63, 3.8) is 0 Å². The summed E-state index contributed by atoms with van der Waals surface area (Å²) >= 11 is 0. The monoisotopic (exact) mass is 225 g/mol. The zero-order chi connectivity index (χ0) is 11.6. The predicted molar refractivity (Wildman–Crippen MR) is 65.1 cm³/mol. The molecule has 0 aromatic heterocycles. The van der Waals surface area contributed by atoms with E-state index in [-0.39, 0.29) is 6.29 Å². The first-order valence-electron chi connectivity index (χ1n) is 6.30. The first-order valence-corrected chi connectivity index (χ1v) is 6.30. The van der Waals surface area contributed by atoms with Crippen molar-refractivity contribution in [1.29, 1.82) is 0 Å². The van der Waals surface area contributed by atoms with Crippen LogP contribution in [0.4, 0.5) is 0 Å². The van der Waals surface area contributed by atoms with Crippen LogP contribution in [0.5, 0.6) is 0 Å². The van der Waals surface area contributed by atoms with Gasteiger partial charge in [0.1, 0.15) is 0 Å². The van der Waals surface area contributed by atoms with Crippen molar-refractivity contribution in [2.75, 3.05) is 32.8 Å². The van der Waals surface area contributed by atoms with Crippen LogP contribution in [-0.2, 0) is 9.47 Å². The lowest BCUT2D eigenvalue weighted by Crippen LogP contribution is -2.30. The van der Waals surface area contributed by atoms with E-state index < -0.39 is 0 Å². The van der Waals surface area contributed by atoms with E-state index in [2.05, 4.69) is 16.7 Å². The van der Waals surface area contributed by atoms with Crippen molar-refractivity contribution < 1.29 is 9.47 Å². The summed E-state index contributed by atoms with van der Waals surface area (Å²) in [5.41, 5.74) is 0. The molecule has 0 aliphatic carbocycles. The second-order valence-corrected chi connectivity index (χ2v) is 3.90. The minimum atomic E-state index is -0.347. The van der Waals surface area contributed by atoms with E-state index in [1.165, 1.54) is 32.4 Å². The van der Waals surface area contributed by atoms with Crippen molar-refractivity contribution in [3.8, 4) is 11.8 Å². The minimum Gasteiger partial charge on any atom is -0.342 e. The Kier molecular flexibility index (Phi) is 7.24. The van der Waals surface area contributed by atoms with Crippen LogP contribution in [0, 0.1) is 11.8 Å². The smallest absolute Gasteiger partial charge is 0.222 e. The highest BCUT2D eigenvalue weighted by atomic mass is 16.7. The van der Waals surface area contributed by atoms with Crippen molar-refractivity contribution in [1.82, 2.24) is 4.90 Å². The fraction of sp³-hybridized carbons (Fsp3) is 0.846. The summed E-state index contributed by atoms with van der Waals surface area (Å²) in [4.78, 5) is 2.39. The molecule has 1 aliphatic rings. The standard InChI is InChI=1S/C13H23NO2/c1-3-15-13(16-4-2)9-8-12-14-10-6-5-7-11-14/h13H,3-7,10-12H2,1-2H3. The van der Waals surface area contributed by atoms with Gasteiger partial charge in [-0.25, -0.2) is 0 Å². The summed E-state index contributed by atoms with van der Waals surface area (Å²) in [5.74, 6) is 6.18. The van der Waals surface area contributed by atoms with Gasteiger partial charge in [0.05, 0.1) is 6.54 Å². The molecule has 0 aromatic rings. The van der Waals surface area contributed by atoms with Gasteiger partial charge in [-0.2, -0.15) is 0 Å². The molecule has 3 heteroatoms. The van der Waals surface area contributed by atoms with Gasteiger partial charge in [-0.3, -0.25) is 4.90 Å². The average molecular weight is 225 g/mol. The van der Waals surface area contributed by atoms with Crippen LogP contribution >= 0.6 is 0 Å². The maximum Gasteiger partial charge on any atom is 0.222 e. The first-order chi connectivity index (χ1) is 7.86. The van der Waals surface area contributed by atoms with Gasteiger partial charge in [-0.05, 0) is 45.7 Å². The molecule has 0 aromatic carbocycles. The van der Waals surface area contributed by atoms with Crippen molar-refractivity contribution in [2.24, 2.45) is 0 Å². The summed E-state index contributed by atoms with van der Waals surface area (Å²) in [6.07, 6.45) is 3.63. The summed E-state index contributed by atoms with van der Waals surface area (Å²) in [7, 11) is 0. The lowest BCUT2D eigenvalue weighted by Gasteiger charge is -2.23.